The molecule has 2 rings (SSSR count). The van der Waals surface area contributed by atoms with E-state index in [1.165, 1.54) is 12.1 Å². The van der Waals surface area contributed by atoms with Crippen molar-refractivity contribution in [3.63, 3.8) is 0 Å². The van der Waals surface area contributed by atoms with E-state index in [1.54, 1.807) is 23.9 Å². The van der Waals surface area contributed by atoms with Crippen molar-refractivity contribution in [3.8, 4) is 0 Å². The number of hydrogen-bond acceptors (Lipinski definition) is 3. The van der Waals surface area contributed by atoms with E-state index < -0.39 is 0 Å². The van der Waals surface area contributed by atoms with Crippen LogP contribution in [0.25, 0.3) is 0 Å². The molecule has 110 valence electrons. The van der Waals surface area contributed by atoms with Crippen LogP contribution in [0.3, 0.4) is 0 Å². The topological polar surface area (TPSA) is 44.4 Å². The molecule has 6 heteroatoms. The van der Waals surface area contributed by atoms with Crippen LogP contribution in [0.4, 0.5) is 9.18 Å². The van der Waals surface area contributed by atoms with Gasteiger partial charge in [0.15, 0.2) is 0 Å². The third kappa shape index (κ3) is 5.02. The van der Waals surface area contributed by atoms with Gasteiger partial charge in [0, 0.05) is 37.6 Å². The van der Waals surface area contributed by atoms with Gasteiger partial charge in [0.25, 0.3) is 0 Å². The first-order chi connectivity index (χ1) is 9.75. The van der Waals surface area contributed by atoms with Gasteiger partial charge in [-0.15, -0.1) is 11.8 Å². The lowest BCUT2D eigenvalue weighted by atomic mass is 10.4. The maximum atomic E-state index is 12.7. The molecule has 1 aliphatic heterocycles. The molecule has 1 heterocycles. The molecular formula is C14H20FN3OS. The van der Waals surface area contributed by atoms with Gasteiger partial charge in [-0.25, -0.2) is 9.18 Å². The van der Waals surface area contributed by atoms with Crippen molar-refractivity contribution in [2.45, 2.75) is 11.3 Å². The van der Waals surface area contributed by atoms with Gasteiger partial charge in [-0.1, -0.05) is 0 Å². The molecule has 1 fully saturated rings. The average molecular weight is 297 g/mol. The standard InChI is InChI=1S/C14H20FN3OS/c15-12-2-4-13(5-3-12)20-11-1-6-17-14(19)18-9-7-16-8-10-18/h2-5,16H,1,6-11H2,(H,17,19). The number of benzene rings is 1. The maximum absolute atomic E-state index is 12.7. The molecule has 0 spiro atoms. The summed E-state index contributed by atoms with van der Waals surface area (Å²) in [6.45, 7) is 3.96. The average Bonchev–Trinajstić information content (AvgIpc) is 2.49. The Labute approximate surface area is 123 Å². The van der Waals surface area contributed by atoms with E-state index >= 15 is 0 Å². The van der Waals surface area contributed by atoms with Crippen molar-refractivity contribution < 1.29 is 9.18 Å². The minimum atomic E-state index is -0.211. The highest BCUT2D eigenvalue weighted by Crippen LogP contribution is 2.18. The van der Waals surface area contributed by atoms with Gasteiger partial charge in [0.05, 0.1) is 0 Å². The predicted octanol–water partition coefficient (Wildman–Crippen LogP) is 1.92. The number of urea groups is 1. The molecule has 0 radical (unpaired) electrons. The van der Waals surface area contributed by atoms with Crippen molar-refractivity contribution in [3.05, 3.63) is 30.1 Å². The Balaban J connectivity index is 1.57. The summed E-state index contributed by atoms with van der Waals surface area (Å²) in [7, 11) is 0. The molecule has 2 N–H and O–H groups in total. The number of carbonyl (C=O) groups excluding carboxylic acids is 1. The normalized spacial score (nSPS) is 15.2. The van der Waals surface area contributed by atoms with Crippen LogP contribution in [0.2, 0.25) is 0 Å². The summed E-state index contributed by atoms with van der Waals surface area (Å²) in [5.41, 5.74) is 0. The SMILES string of the molecule is O=C(NCCCSc1ccc(F)cc1)N1CCNCC1. The number of halogens is 1. The van der Waals surface area contributed by atoms with E-state index in [4.69, 9.17) is 0 Å². The van der Waals surface area contributed by atoms with Gasteiger partial charge in [-0.3, -0.25) is 0 Å². The Morgan fingerprint density at radius 3 is 2.70 bits per heavy atom. The molecule has 1 aliphatic rings. The molecule has 20 heavy (non-hydrogen) atoms. The number of nitrogens with zero attached hydrogens (tertiary/aromatic N) is 1. The van der Waals surface area contributed by atoms with Gasteiger partial charge in [0.1, 0.15) is 5.82 Å². The lowest BCUT2D eigenvalue weighted by molar-refractivity contribution is 0.190. The number of piperazine rings is 1. The zero-order valence-electron chi connectivity index (χ0n) is 11.4. The van der Waals surface area contributed by atoms with Gasteiger partial charge in [-0.2, -0.15) is 0 Å². The van der Waals surface area contributed by atoms with E-state index in [1.807, 2.05) is 4.90 Å². The first-order valence-electron chi connectivity index (χ1n) is 6.87. The van der Waals surface area contributed by atoms with Crippen molar-refractivity contribution in [2.24, 2.45) is 0 Å². The summed E-state index contributed by atoms with van der Waals surface area (Å²) < 4.78 is 12.7. The van der Waals surface area contributed by atoms with Crippen LogP contribution >= 0.6 is 11.8 Å². The van der Waals surface area contributed by atoms with Crippen molar-refractivity contribution >= 4 is 17.8 Å². The van der Waals surface area contributed by atoms with E-state index in [0.29, 0.717) is 6.54 Å². The highest BCUT2D eigenvalue weighted by molar-refractivity contribution is 7.99. The predicted molar refractivity (Wildman–Crippen MR) is 79.6 cm³/mol. The summed E-state index contributed by atoms with van der Waals surface area (Å²) in [6.07, 6.45) is 0.903. The molecule has 0 unspecified atom stereocenters. The molecule has 0 aromatic heterocycles. The van der Waals surface area contributed by atoms with E-state index in [-0.39, 0.29) is 11.8 Å². The first kappa shape index (κ1) is 15.1. The van der Waals surface area contributed by atoms with Crippen LogP contribution < -0.4 is 10.6 Å². The van der Waals surface area contributed by atoms with Gasteiger partial charge < -0.3 is 15.5 Å². The Bertz CT molecular complexity index is 421. The quantitative estimate of drug-likeness (QED) is 0.645. The second-order valence-electron chi connectivity index (χ2n) is 4.62. The molecule has 0 saturated carbocycles. The molecule has 4 nitrogen and oxygen atoms in total. The van der Waals surface area contributed by atoms with Gasteiger partial charge in [-0.05, 0) is 36.4 Å². The second kappa shape index (κ2) is 8.11. The highest BCUT2D eigenvalue weighted by Gasteiger charge is 2.14. The minimum Gasteiger partial charge on any atom is -0.338 e. The number of carbonyl (C=O) groups is 1. The maximum Gasteiger partial charge on any atom is 0.317 e. The highest BCUT2D eigenvalue weighted by atomic mass is 32.2. The zero-order chi connectivity index (χ0) is 14.2. The van der Waals surface area contributed by atoms with Crippen LogP contribution in [0.1, 0.15) is 6.42 Å². The lowest BCUT2D eigenvalue weighted by Gasteiger charge is -2.27. The van der Waals surface area contributed by atoms with Gasteiger partial charge in [0.2, 0.25) is 0 Å². The smallest absolute Gasteiger partial charge is 0.317 e. The summed E-state index contributed by atoms with van der Waals surface area (Å²) in [5.74, 6) is 0.700. The Morgan fingerprint density at radius 2 is 2.00 bits per heavy atom. The van der Waals surface area contributed by atoms with E-state index in [9.17, 15) is 9.18 Å². The molecule has 2 amide bonds. The fourth-order valence-electron chi connectivity index (χ4n) is 1.97. The Hall–Kier alpha value is -1.27. The summed E-state index contributed by atoms with van der Waals surface area (Å²) in [6, 6.07) is 6.51. The lowest BCUT2D eigenvalue weighted by Crippen LogP contribution is -2.50. The number of thioether (sulfide) groups is 1. The van der Waals surface area contributed by atoms with Crippen molar-refractivity contribution in [2.75, 3.05) is 38.5 Å². The van der Waals surface area contributed by atoms with E-state index in [0.717, 1.165) is 43.2 Å². The summed E-state index contributed by atoms with van der Waals surface area (Å²) in [4.78, 5) is 14.7. The van der Waals surface area contributed by atoms with Crippen LogP contribution in [0.5, 0.6) is 0 Å². The minimum absolute atomic E-state index is 0.0262. The van der Waals surface area contributed by atoms with Crippen LogP contribution in [-0.4, -0.2) is 49.4 Å². The molecule has 0 aliphatic carbocycles. The zero-order valence-corrected chi connectivity index (χ0v) is 12.2. The number of amides is 2. The van der Waals surface area contributed by atoms with Crippen LogP contribution in [0, 0.1) is 5.82 Å². The second-order valence-corrected chi connectivity index (χ2v) is 5.79. The fourth-order valence-corrected chi connectivity index (χ4v) is 2.82. The Kier molecular flexibility index (Phi) is 6.14. The van der Waals surface area contributed by atoms with Crippen molar-refractivity contribution in [1.29, 1.82) is 0 Å². The number of nitrogens with one attached hydrogen (secondary N) is 2. The first-order valence-corrected chi connectivity index (χ1v) is 7.86. The Morgan fingerprint density at radius 1 is 1.30 bits per heavy atom. The van der Waals surface area contributed by atoms with Crippen LogP contribution in [0.15, 0.2) is 29.2 Å². The summed E-state index contributed by atoms with van der Waals surface area (Å²) >= 11 is 1.67. The number of rotatable bonds is 5. The van der Waals surface area contributed by atoms with Crippen molar-refractivity contribution in [1.82, 2.24) is 15.5 Å². The largest absolute Gasteiger partial charge is 0.338 e. The fraction of sp³-hybridized carbons (Fsp3) is 0.500. The van der Waals surface area contributed by atoms with E-state index in [2.05, 4.69) is 10.6 Å². The third-order valence-corrected chi connectivity index (χ3v) is 4.18. The third-order valence-electron chi connectivity index (χ3n) is 3.08. The van der Waals surface area contributed by atoms with Crippen LogP contribution in [-0.2, 0) is 0 Å². The molecular weight excluding hydrogens is 277 g/mol. The van der Waals surface area contributed by atoms with Gasteiger partial charge >= 0.3 is 6.03 Å². The molecule has 1 aromatic carbocycles. The monoisotopic (exact) mass is 297 g/mol. The number of hydrogen-bond donors (Lipinski definition) is 2. The molecule has 1 saturated heterocycles. The molecule has 0 atom stereocenters. The molecule has 0 bridgehead atoms. The summed E-state index contributed by atoms with van der Waals surface area (Å²) in [5, 5.41) is 6.15. The molecule has 1 aromatic rings.